The molecule has 3 heterocycles. The van der Waals surface area contributed by atoms with Gasteiger partial charge in [0.05, 0.1) is 35.1 Å². The van der Waals surface area contributed by atoms with E-state index in [4.69, 9.17) is 0 Å². The van der Waals surface area contributed by atoms with Crippen molar-refractivity contribution >= 4 is 24.3 Å². The zero-order valence-electron chi connectivity index (χ0n) is 23.0. The maximum Gasteiger partial charge on any atom is 0.416 e. The third-order valence-corrected chi connectivity index (χ3v) is 8.10. The standard InChI is InChI=1S/C28H37F3N6O2.ClH/c1-34(2)17-13-32-27(39)35-15-11-20(12-16-35)37-25(19-9-10-19)22(18-33-37)26(38)36-14-5-8-24(36)21-6-3-4-7-23(21)28(29,30)31;/h3-4,6-7,18-20,24H,5,8-17H2,1-2H3,(H,32,39);1H. The lowest BCUT2D eigenvalue weighted by Crippen LogP contribution is -2.46. The van der Waals surface area contributed by atoms with E-state index in [9.17, 15) is 22.8 Å². The second kappa shape index (κ2) is 12.4. The molecule has 0 spiro atoms. The van der Waals surface area contributed by atoms with Gasteiger partial charge < -0.3 is 20.0 Å². The van der Waals surface area contributed by atoms with Crippen molar-refractivity contribution in [2.24, 2.45) is 0 Å². The molecule has 1 aromatic carbocycles. The maximum atomic E-state index is 13.9. The van der Waals surface area contributed by atoms with Crippen LogP contribution in [-0.4, -0.2) is 83.2 Å². The van der Waals surface area contributed by atoms with Crippen LogP contribution in [-0.2, 0) is 6.18 Å². The average Bonchev–Trinajstić information content (AvgIpc) is 3.45. The molecule has 1 saturated carbocycles. The van der Waals surface area contributed by atoms with E-state index in [1.807, 2.05) is 28.6 Å². The van der Waals surface area contributed by atoms with Gasteiger partial charge in [-0.3, -0.25) is 9.48 Å². The number of nitrogens with one attached hydrogen (secondary N) is 1. The van der Waals surface area contributed by atoms with Crippen LogP contribution in [0.2, 0.25) is 0 Å². The average molecular weight is 583 g/mol. The molecule has 2 aromatic rings. The molecular weight excluding hydrogens is 545 g/mol. The highest BCUT2D eigenvalue weighted by Crippen LogP contribution is 2.45. The van der Waals surface area contributed by atoms with Crippen molar-refractivity contribution in [3.63, 3.8) is 0 Å². The van der Waals surface area contributed by atoms with E-state index in [0.717, 1.165) is 44.0 Å². The fraction of sp³-hybridized carbons (Fsp3) is 0.607. The molecular formula is C28H38ClF3N6O2. The summed E-state index contributed by atoms with van der Waals surface area (Å²) in [6.45, 7) is 3.00. The Hall–Kier alpha value is -2.79. The molecule has 220 valence electrons. The minimum absolute atomic E-state index is 0. The number of likely N-dealkylation sites (N-methyl/N-ethyl adjacent to an activating group) is 1. The number of alkyl halides is 3. The summed E-state index contributed by atoms with van der Waals surface area (Å²) in [4.78, 5) is 31.8. The number of carbonyl (C=O) groups is 2. The Kier molecular flexibility index (Phi) is 9.34. The lowest BCUT2D eigenvalue weighted by molar-refractivity contribution is -0.138. The maximum absolute atomic E-state index is 13.9. The van der Waals surface area contributed by atoms with Crippen LogP contribution in [0.4, 0.5) is 18.0 Å². The summed E-state index contributed by atoms with van der Waals surface area (Å²) in [5.41, 5.74) is 0.902. The summed E-state index contributed by atoms with van der Waals surface area (Å²) < 4.78 is 43.3. The van der Waals surface area contributed by atoms with Crippen molar-refractivity contribution < 1.29 is 22.8 Å². The smallest absolute Gasteiger partial charge is 0.337 e. The van der Waals surface area contributed by atoms with Gasteiger partial charge in [0.1, 0.15) is 0 Å². The van der Waals surface area contributed by atoms with Crippen LogP contribution < -0.4 is 5.32 Å². The molecule has 3 fully saturated rings. The van der Waals surface area contributed by atoms with E-state index in [-0.39, 0.29) is 41.9 Å². The number of piperidine rings is 1. The Labute approximate surface area is 239 Å². The zero-order valence-corrected chi connectivity index (χ0v) is 23.8. The van der Waals surface area contributed by atoms with Gasteiger partial charge in [0.15, 0.2) is 0 Å². The van der Waals surface area contributed by atoms with Crippen molar-refractivity contribution in [1.29, 1.82) is 0 Å². The molecule has 1 atom stereocenters. The summed E-state index contributed by atoms with van der Waals surface area (Å²) in [5.74, 6) is 0.00246. The fourth-order valence-corrected chi connectivity index (χ4v) is 5.94. The SMILES string of the molecule is CN(C)CCNC(=O)N1CCC(n2ncc(C(=O)N3CCCC3c3ccccc3C(F)(F)F)c2C2CC2)CC1.Cl. The zero-order chi connectivity index (χ0) is 27.7. The minimum atomic E-state index is -4.48. The van der Waals surface area contributed by atoms with Crippen LogP contribution in [0.15, 0.2) is 30.5 Å². The van der Waals surface area contributed by atoms with Crippen LogP contribution in [0.5, 0.6) is 0 Å². The molecule has 1 aromatic heterocycles. The molecule has 40 heavy (non-hydrogen) atoms. The third-order valence-electron chi connectivity index (χ3n) is 8.10. The largest absolute Gasteiger partial charge is 0.416 e. The van der Waals surface area contributed by atoms with Crippen LogP contribution >= 0.6 is 12.4 Å². The second-order valence-corrected chi connectivity index (χ2v) is 11.2. The number of hydrogen-bond donors (Lipinski definition) is 1. The Morgan fingerprint density at radius 3 is 2.40 bits per heavy atom. The fourth-order valence-electron chi connectivity index (χ4n) is 5.94. The number of rotatable bonds is 7. The Bertz CT molecular complexity index is 1190. The van der Waals surface area contributed by atoms with E-state index in [1.165, 1.54) is 12.1 Å². The Morgan fingerprint density at radius 1 is 1.05 bits per heavy atom. The van der Waals surface area contributed by atoms with Gasteiger partial charge in [0, 0.05) is 38.6 Å². The van der Waals surface area contributed by atoms with Gasteiger partial charge in [-0.15, -0.1) is 12.4 Å². The summed E-state index contributed by atoms with van der Waals surface area (Å²) in [6, 6.07) is 4.99. The first kappa shape index (κ1) is 30.2. The number of likely N-dealkylation sites (tertiary alicyclic amines) is 2. The predicted octanol–water partition coefficient (Wildman–Crippen LogP) is 5.09. The highest BCUT2D eigenvalue weighted by Gasteiger charge is 2.42. The molecule has 1 unspecified atom stereocenters. The summed E-state index contributed by atoms with van der Waals surface area (Å²) >= 11 is 0. The number of carbonyl (C=O) groups excluding carboxylic acids is 2. The lowest BCUT2D eigenvalue weighted by atomic mass is 9.97. The molecule has 0 bridgehead atoms. The monoisotopic (exact) mass is 582 g/mol. The van der Waals surface area contributed by atoms with E-state index >= 15 is 0 Å². The number of nitrogens with zero attached hydrogens (tertiary/aromatic N) is 5. The molecule has 3 amide bonds. The number of halogens is 4. The van der Waals surface area contributed by atoms with Crippen molar-refractivity contribution in [3.05, 3.63) is 52.8 Å². The molecule has 1 N–H and O–H groups in total. The van der Waals surface area contributed by atoms with Crippen molar-refractivity contribution in [2.75, 3.05) is 46.8 Å². The highest BCUT2D eigenvalue weighted by atomic mass is 35.5. The van der Waals surface area contributed by atoms with Crippen LogP contribution in [0.1, 0.15) is 83.7 Å². The lowest BCUT2D eigenvalue weighted by Gasteiger charge is -2.33. The number of amides is 3. The minimum Gasteiger partial charge on any atom is -0.337 e. The van der Waals surface area contributed by atoms with Gasteiger partial charge in [-0.05, 0) is 64.3 Å². The van der Waals surface area contributed by atoms with Crippen LogP contribution in [0, 0.1) is 0 Å². The normalized spacial score (nSPS) is 20.1. The molecule has 3 aliphatic rings. The van der Waals surface area contributed by atoms with Gasteiger partial charge in [-0.1, -0.05) is 18.2 Å². The van der Waals surface area contributed by atoms with Gasteiger partial charge in [0.2, 0.25) is 0 Å². The number of hydrogen-bond acceptors (Lipinski definition) is 4. The van der Waals surface area contributed by atoms with Crippen LogP contribution in [0.3, 0.4) is 0 Å². The van der Waals surface area contributed by atoms with Crippen molar-refractivity contribution in [3.8, 4) is 0 Å². The van der Waals surface area contributed by atoms with Crippen molar-refractivity contribution in [2.45, 2.75) is 62.7 Å². The molecule has 2 saturated heterocycles. The quantitative estimate of drug-likeness (QED) is 0.494. The van der Waals surface area contributed by atoms with Gasteiger partial charge >= 0.3 is 12.2 Å². The first-order chi connectivity index (χ1) is 18.6. The number of benzene rings is 1. The Balaban J connectivity index is 0.00000370. The molecule has 2 aliphatic heterocycles. The summed E-state index contributed by atoms with van der Waals surface area (Å²) in [7, 11) is 3.92. The molecule has 5 rings (SSSR count). The summed E-state index contributed by atoms with van der Waals surface area (Å²) in [5, 5.41) is 7.61. The number of urea groups is 1. The Morgan fingerprint density at radius 2 is 1.75 bits per heavy atom. The molecule has 1 aliphatic carbocycles. The molecule has 8 nitrogen and oxygen atoms in total. The van der Waals surface area contributed by atoms with Gasteiger partial charge in [-0.2, -0.15) is 18.3 Å². The second-order valence-electron chi connectivity index (χ2n) is 11.2. The highest BCUT2D eigenvalue weighted by molar-refractivity contribution is 5.96. The first-order valence-electron chi connectivity index (χ1n) is 13.9. The topological polar surface area (TPSA) is 73.7 Å². The third kappa shape index (κ3) is 6.40. The molecule has 0 radical (unpaired) electrons. The van der Waals surface area contributed by atoms with Gasteiger partial charge in [0.25, 0.3) is 5.91 Å². The first-order valence-corrected chi connectivity index (χ1v) is 13.9. The molecule has 12 heteroatoms. The van der Waals surface area contributed by atoms with E-state index in [2.05, 4.69) is 10.4 Å². The van der Waals surface area contributed by atoms with Crippen LogP contribution in [0.25, 0.3) is 0 Å². The number of aromatic nitrogens is 2. The van der Waals surface area contributed by atoms with Gasteiger partial charge in [-0.25, -0.2) is 4.79 Å². The van der Waals surface area contributed by atoms with Crippen molar-refractivity contribution in [1.82, 2.24) is 29.8 Å². The predicted molar refractivity (Wildman–Crippen MR) is 148 cm³/mol. The van der Waals surface area contributed by atoms with E-state index in [1.54, 1.807) is 17.2 Å². The summed E-state index contributed by atoms with van der Waals surface area (Å²) in [6.07, 6.45) is 1.71. The van der Waals surface area contributed by atoms with E-state index in [0.29, 0.717) is 44.6 Å². The van der Waals surface area contributed by atoms with E-state index < -0.39 is 17.8 Å².